The van der Waals surface area contributed by atoms with Gasteiger partial charge in [-0.15, -0.1) is 0 Å². The highest BCUT2D eigenvalue weighted by Crippen LogP contribution is 2.29. The summed E-state index contributed by atoms with van der Waals surface area (Å²) in [4.78, 5) is 4.07. The molecule has 1 aliphatic heterocycles. The summed E-state index contributed by atoms with van der Waals surface area (Å²) in [6.45, 7) is 7.46. The van der Waals surface area contributed by atoms with Crippen LogP contribution in [0.4, 0.5) is 0 Å². The Balaban J connectivity index is 2.06. The number of hydrogen-bond donors (Lipinski definition) is 2. The minimum absolute atomic E-state index is 0.0890. The summed E-state index contributed by atoms with van der Waals surface area (Å²) in [6, 6.07) is 0.149. The Morgan fingerprint density at radius 3 is 2.80 bits per heavy atom. The van der Waals surface area contributed by atoms with Crippen molar-refractivity contribution in [2.24, 2.45) is 12.5 Å². The van der Waals surface area contributed by atoms with Crippen molar-refractivity contribution >= 4 is 10.0 Å². The standard InChI is InChI=1S/C13H24N4O2S/c1-10-16-12(9-17(10)4)20(18,19)15-8-11-13(2,3)6-5-7-14-11/h9,11,14-15H,5-8H2,1-4H3. The van der Waals surface area contributed by atoms with E-state index in [1.807, 2.05) is 0 Å². The van der Waals surface area contributed by atoms with E-state index >= 15 is 0 Å². The number of nitrogens with one attached hydrogen (secondary N) is 2. The number of aromatic nitrogens is 2. The van der Waals surface area contributed by atoms with E-state index in [-0.39, 0.29) is 16.5 Å². The second-order valence-electron chi connectivity index (χ2n) is 6.19. The van der Waals surface area contributed by atoms with Crippen LogP contribution in [-0.2, 0) is 17.1 Å². The molecule has 6 nitrogen and oxygen atoms in total. The molecule has 0 amide bonds. The molecule has 1 aromatic heterocycles. The summed E-state index contributed by atoms with van der Waals surface area (Å²) < 4.78 is 28.9. The molecule has 7 heteroatoms. The van der Waals surface area contributed by atoms with Gasteiger partial charge in [0.2, 0.25) is 0 Å². The third kappa shape index (κ3) is 3.21. The first-order valence-electron chi connectivity index (χ1n) is 6.95. The van der Waals surface area contributed by atoms with Crippen molar-refractivity contribution < 1.29 is 8.42 Å². The number of aryl methyl sites for hydroxylation is 2. The minimum atomic E-state index is -3.53. The molecule has 2 rings (SSSR count). The third-order valence-electron chi connectivity index (χ3n) is 4.17. The van der Waals surface area contributed by atoms with Gasteiger partial charge in [-0.3, -0.25) is 0 Å². The molecule has 1 aromatic rings. The van der Waals surface area contributed by atoms with Gasteiger partial charge in [-0.2, -0.15) is 0 Å². The van der Waals surface area contributed by atoms with Gasteiger partial charge >= 0.3 is 0 Å². The average Bonchev–Trinajstić information content (AvgIpc) is 2.69. The van der Waals surface area contributed by atoms with Gasteiger partial charge in [0.05, 0.1) is 0 Å². The maximum absolute atomic E-state index is 12.2. The molecule has 1 fully saturated rings. The highest BCUT2D eigenvalue weighted by atomic mass is 32.2. The Bertz CT molecular complexity index is 558. The van der Waals surface area contributed by atoms with Crippen LogP contribution in [0.1, 0.15) is 32.5 Å². The largest absolute Gasteiger partial charge is 0.337 e. The van der Waals surface area contributed by atoms with Crippen LogP contribution in [0.2, 0.25) is 0 Å². The lowest BCUT2D eigenvalue weighted by Gasteiger charge is -2.39. The summed E-state index contributed by atoms with van der Waals surface area (Å²) in [5.74, 6) is 0.682. The normalized spacial score (nSPS) is 22.9. The van der Waals surface area contributed by atoms with Crippen molar-refractivity contribution in [3.8, 4) is 0 Å². The molecule has 1 atom stereocenters. The van der Waals surface area contributed by atoms with Crippen LogP contribution < -0.4 is 10.0 Å². The van der Waals surface area contributed by atoms with Crippen LogP contribution >= 0.6 is 0 Å². The van der Waals surface area contributed by atoms with Crippen LogP contribution in [-0.4, -0.2) is 37.1 Å². The Kier molecular flexibility index (Phi) is 4.22. The van der Waals surface area contributed by atoms with Crippen LogP contribution in [0.3, 0.4) is 0 Å². The van der Waals surface area contributed by atoms with Gasteiger partial charge in [-0.1, -0.05) is 13.8 Å². The van der Waals surface area contributed by atoms with Crippen molar-refractivity contribution in [3.05, 3.63) is 12.0 Å². The number of hydrogen-bond acceptors (Lipinski definition) is 4. The fourth-order valence-corrected chi connectivity index (χ4v) is 3.63. The topological polar surface area (TPSA) is 76.0 Å². The fraction of sp³-hybridized carbons (Fsp3) is 0.769. The maximum Gasteiger partial charge on any atom is 0.259 e. The lowest BCUT2D eigenvalue weighted by atomic mass is 9.78. The minimum Gasteiger partial charge on any atom is -0.337 e. The molecule has 0 aliphatic carbocycles. The Labute approximate surface area is 121 Å². The van der Waals surface area contributed by atoms with Gasteiger partial charge in [0.15, 0.2) is 5.03 Å². The van der Waals surface area contributed by atoms with E-state index < -0.39 is 10.0 Å². The molecule has 0 saturated carbocycles. The van der Waals surface area contributed by atoms with E-state index in [9.17, 15) is 8.42 Å². The lowest BCUT2D eigenvalue weighted by Crippen LogP contribution is -2.52. The molecule has 1 unspecified atom stereocenters. The van der Waals surface area contributed by atoms with E-state index in [0.717, 1.165) is 19.4 Å². The number of sulfonamides is 1. The van der Waals surface area contributed by atoms with Crippen LogP contribution in [0, 0.1) is 12.3 Å². The summed E-state index contributed by atoms with van der Waals surface area (Å²) in [5.41, 5.74) is 0.0980. The summed E-state index contributed by atoms with van der Waals surface area (Å²) in [7, 11) is -1.75. The van der Waals surface area contributed by atoms with Gasteiger partial charge in [0.25, 0.3) is 10.0 Å². The molecule has 2 N–H and O–H groups in total. The zero-order valence-corrected chi connectivity index (χ0v) is 13.4. The number of rotatable bonds is 4. The Morgan fingerprint density at radius 1 is 1.55 bits per heavy atom. The number of piperidine rings is 1. The second-order valence-corrected chi connectivity index (χ2v) is 7.90. The monoisotopic (exact) mass is 300 g/mol. The molecular weight excluding hydrogens is 276 g/mol. The van der Waals surface area contributed by atoms with Crippen LogP contribution in [0.15, 0.2) is 11.2 Å². The quantitative estimate of drug-likeness (QED) is 0.862. The van der Waals surface area contributed by atoms with E-state index in [4.69, 9.17) is 0 Å². The zero-order valence-electron chi connectivity index (χ0n) is 12.6. The predicted octanol–water partition coefficient (Wildman–Crippen LogP) is 0.785. The van der Waals surface area contributed by atoms with Crippen molar-refractivity contribution in [1.29, 1.82) is 0 Å². The second kappa shape index (κ2) is 5.46. The van der Waals surface area contributed by atoms with Gasteiger partial charge < -0.3 is 9.88 Å². The van der Waals surface area contributed by atoms with E-state index in [2.05, 4.69) is 28.9 Å². The van der Waals surface area contributed by atoms with Crippen molar-refractivity contribution in [3.63, 3.8) is 0 Å². The van der Waals surface area contributed by atoms with Gasteiger partial charge in [-0.25, -0.2) is 18.1 Å². The molecular formula is C13H24N4O2S. The number of imidazole rings is 1. The molecule has 2 heterocycles. The highest BCUT2D eigenvalue weighted by Gasteiger charge is 2.33. The van der Waals surface area contributed by atoms with Gasteiger partial charge in [0.1, 0.15) is 5.82 Å². The Morgan fingerprint density at radius 2 is 2.25 bits per heavy atom. The van der Waals surface area contributed by atoms with E-state index in [1.54, 1.807) is 18.5 Å². The predicted molar refractivity (Wildman–Crippen MR) is 77.9 cm³/mol. The Hall–Kier alpha value is -0.920. The third-order valence-corrected chi connectivity index (χ3v) is 5.47. The smallest absolute Gasteiger partial charge is 0.259 e. The van der Waals surface area contributed by atoms with Crippen molar-refractivity contribution in [2.45, 2.75) is 44.7 Å². The van der Waals surface area contributed by atoms with E-state index in [0.29, 0.717) is 12.4 Å². The molecule has 114 valence electrons. The first kappa shape index (κ1) is 15.5. The lowest BCUT2D eigenvalue weighted by molar-refractivity contribution is 0.181. The van der Waals surface area contributed by atoms with E-state index in [1.165, 1.54) is 6.20 Å². The molecule has 0 radical (unpaired) electrons. The first-order chi connectivity index (χ1) is 9.22. The number of nitrogens with zero attached hydrogens (tertiary/aromatic N) is 2. The molecule has 0 aromatic carbocycles. The SMILES string of the molecule is Cc1nc(S(=O)(=O)NCC2NCCCC2(C)C)cn1C. The van der Waals surface area contributed by atoms with Crippen molar-refractivity contribution in [2.75, 3.05) is 13.1 Å². The summed E-state index contributed by atoms with van der Waals surface area (Å²) in [6.07, 6.45) is 3.78. The fourth-order valence-electron chi connectivity index (χ4n) is 2.54. The highest BCUT2D eigenvalue weighted by molar-refractivity contribution is 7.89. The molecule has 0 bridgehead atoms. The zero-order chi connectivity index (χ0) is 15.0. The van der Waals surface area contributed by atoms with Crippen LogP contribution in [0.5, 0.6) is 0 Å². The van der Waals surface area contributed by atoms with Crippen molar-refractivity contribution in [1.82, 2.24) is 19.6 Å². The van der Waals surface area contributed by atoms with Gasteiger partial charge in [0, 0.05) is 25.8 Å². The summed E-state index contributed by atoms with van der Waals surface area (Å²) in [5, 5.41) is 3.49. The summed E-state index contributed by atoms with van der Waals surface area (Å²) >= 11 is 0. The molecule has 1 aliphatic rings. The molecule has 1 saturated heterocycles. The maximum atomic E-state index is 12.2. The molecule has 20 heavy (non-hydrogen) atoms. The molecule has 0 spiro atoms. The van der Waals surface area contributed by atoms with Gasteiger partial charge in [-0.05, 0) is 31.7 Å². The van der Waals surface area contributed by atoms with Crippen LogP contribution in [0.25, 0.3) is 0 Å². The first-order valence-corrected chi connectivity index (χ1v) is 8.44. The average molecular weight is 300 g/mol.